The number of allylic oxidation sites excluding steroid dienone is 1. The highest BCUT2D eigenvalue weighted by Gasteiger charge is 2.06. The van der Waals surface area contributed by atoms with Crippen LogP contribution in [0.15, 0.2) is 24.3 Å². The number of aromatic carboxylic acids is 1. The maximum atomic E-state index is 10.7. The Hall–Kier alpha value is -1.48. The van der Waals surface area contributed by atoms with Crippen LogP contribution in [0.3, 0.4) is 0 Å². The second-order valence-electron chi connectivity index (χ2n) is 2.82. The summed E-state index contributed by atoms with van der Waals surface area (Å²) in [6.45, 7) is 0. The Morgan fingerprint density at radius 1 is 1.60 bits per heavy atom. The normalized spacial score (nSPS) is 10.5. The minimum Gasteiger partial charge on any atom is -0.496 e. The molecule has 0 unspecified atom stereocenters. The molecule has 1 N–H and O–H groups in total. The van der Waals surface area contributed by atoms with Gasteiger partial charge in [-0.05, 0) is 18.2 Å². The summed E-state index contributed by atoms with van der Waals surface area (Å²) < 4.78 is 5.09. The van der Waals surface area contributed by atoms with Crippen LogP contribution in [0, 0.1) is 0 Å². The highest BCUT2D eigenvalue weighted by Crippen LogP contribution is 2.21. The summed E-state index contributed by atoms with van der Waals surface area (Å²) in [5.74, 6) is 0.0417. The molecule has 0 fully saturated rings. The van der Waals surface area contributed by atoms with Crippen molar-refractivity contribution in [2.75, 3.05) is 13.0 Å². The summed E-state index contributed by atoms with van der Waals surface area (Å²) in [4.78, 5) is 10.7. The van der Waals surface area contributed by atoms with Gasteiger partial charge in [0.1, 0.15) is 5.75 Å². The fraction of sp³-hybridized carbons (Fsp3) is 0.182. The molecule has 0 bridgehead atoms. The predicted molar refractivity (Wildman–Crippen MR) is 59.7 cm³/mol. The van der Waals surface area contributed by atoms with Crippen LogP contribution in [-0.4, -0.2) is 24.1 Å². The van der Waals surface area contributed by atoms with Gasteiger partial charge in [-0.15, -0.1) is 11.6 Å². The number of alkyl halides is 1. The van der Waals surface area contributed by atoms with Crippen molar-refractivity contribution < 1.29 is 14.6 Å². The maximum Gasteiger partial charge on any atom is 0.335 e. The van der Waals surface area contributed by atoms with Crippen molar-refractivity contribution in [2.24, 2.45) is 0 Å². The van der Waals surface area contributed by atoms with Crippen LogP contribution in [0.2, 0.25) is 0 Å². The van der Waals surface area contributed by atoms with Gasteiger partial charge in [-0.25, -0.2) is 4.79 Å². The lowest BCUT2D eigenvalue weighted by molar-refractivity contribution is 0.0697. The number of hydrogen-bond acceptors (Lipinski definition) is 2. The van der Waals surface area contributed by atoms with E-state index in [9.17, 15) is 4.79 Å². The second-order valence-corrected chi connectivity index (χ2v) is 3.13. The van der Waals surface area contributed by atoms with E-state index in [4.69, 9.17) is 21.4 Å². The Balaban J connectivity index is 3.13. The number of halogens is 1. The summed E-state index contributed by atoms with van der Waals surface area (Å²) >= 11 is 5.51. The third-order valence-corrected chi connectivity index (χ3v) is 2.04. The van der Waals surface area contributed by atoms with E-state index in [1.54, 1.807) is 24.3 Å². The molecule has 1 aromatic rings. The van der Waals surface area contributed by atoms with E-state index < -0.39 is 5.97 Å². The Morgan fingerprint density at radius 2 is 2.33 bits per heavy atom. The van der Waals surface area contributed by atoms with Crippen LogP contribution >= 0.6 is 11.6 Å². The Labute approximate surface area is 92.9 Å². The minimum atomic E-state index is -0.960. The lowest BCUT2D eigenvalue weighted by Crippen LogP contribution is -1.97. The Kier molecular flexibility index (Phi) is 4.18. The molecule has 0 heterocycles. The van der Waals surface area contributed by atoms with Crippen molar-refractivity contribution in [1.82, 2.24) is 0 Å². The molecule has 3 nitrogen and oxygen atoms in total. The van der Waals surface area contributed by atoms with E-state index in [0.29, 0.717) is 17.2 Å². The van der Waals surface area contributed by atoms with Crippen LogP contribution in [-0.2, 0) is 0 Å². The van der Waals surface area contributed by atoms with E-state index in [1.807, 2.05) is 0 Å². The molecule has 0 radical (unpaired) electrons. The van der Waals surface area contributed by atoms with E-state index in [-0.39, 0.29) is 5.56 Å². The van der Waals surface area contributed by atoms with Gasteiger partial charge in [0.05, 0.1) is 12.7 Å². The van der Waals surface area contributed by atoms with Crippen LogP contribution < -0.4 is 4.74 Å². The molecule has 15 heavy (non-hydrogen) atoms. The molecule has 1 aromatic carbocycles. The fourth-order valence-electron chi connectivity index (χ4n) is 1.17. The molecule has 1 rings (SSSR count). The molecule has 0 aromatic heterocycles. The highest BCUT2D eigenvalue weighted by molar-refractivity contribution is 6.19. The predicted octanol–water partition coefficient (Wildman–Crippen LogP) is 2.65. The maximum absolute atomic E-state index is 10.7. The first-order chi connectivity index (χ1) is 7.19. The number of rotatable bonds is 4. The van der Waals surface area contributed by atoms with Gasteiger partial charge in [-0.3, -0.25) is 0 Å². The smallest absolute Gasteiger partial charge is 0.335 e. The SMILES string of the molecule is COc1ccc(C(=O)O)cc1C=CCCl. The minimum absolute atomic E-state index is 0.227. The first-order valence-corrected chi connectivity index (χ1v) is 4.86. The van der Waals surface area contributed by atoms with Crippen molar-refractivity contribution in [3.8, 4) is 5.75 Å². The van der Waals surface area contributed by atoms with Gasteiger partial charge in [-0.1, -0.05) is 12.2 Å². The standard InChI is InChI=1S/C11H11ClO3/c1-15-10-5-4-9(11(13)14)7-8(10)3-2-6-12/h2-5,7H,6H2,1H3,(H,13,14). The topological polar surface area (TPSA) is 46.5 Å². The molecule has 0 spiro atoms. The average Bonchev–Trinajstić information content (AvgIpc) is 2.25. The average molecular weight is 227 g/mol. The zero-order valence-electron chi connectivity index (χ0n) is 8.24. The molecule has 0 aliphatic carbocycles. The highest BCUT2D eigenvalue weighted by atomic mass is 35.5. The van der Waals surface area contributed by atoms with E-state index in [2.05, 4.69) is 0 Å². The third-order valence-electron chi connectivity index (χ3n) is 1.86. The summed E-state index contributed by atoms with van der Waals surface area (Å²) in [5, 5.41) is 8.81. The van der Waals surface area contributed by atoms with Gasteiger partial charge >= 0.3 is 5.97 Å². The molecule has 4 heteroatoms. The molecule has 0 saturated carbocycles. The summed E-state index contributed by atoms with van der Waals surface area (Å²) in [5.41, 5.74) is 0.933. The lowest BCUT2D eigenvalue weighted by atomic mass is 10.1. The number of hydrogen-bond donors (Lipinski definition) is 1. The van der Waals surface area contributed by atoms with Gasteiger partial charge < -0.3 is 9.84 Å². The van der Waals surface area contributed by atoms with E-state index >= 15 is 0 Å². The molecular formula is C11H11ClO3. The fourth-order valence-corrected chi connectivity index (χ4v) is 1.26. The van der Waals surface area contributed by atoms with Gasteiger partial charge in [0.15, 0.2) is 0 Å². The van der Waals surface area contributed by atoms with Crippen LogP contribution in [0.1, 0.15) is 15.9 Å². The molecule has 0 saturated heterocycles. The van der Waals surface area contributed by atoms with Crippen molar-refractivity contribution >= 4 is 23.6 Å². The summed E-state index contributed by atoms with van der Waals surface area (Å²) in [6, 6.07) is 4.67. The molecule has 80 valence electrons. The first-order valence-electron chi connectivity index (χ1n) is 4.33. The lowest BCUT2D eigenvalue weighted by Gasteiger charge is -2.05. The molecule has 0 aliphatic heterocycles. The monoisotopic (exact) mass is 226 g/mol. The van der Waals surface area contributed by atoms with E-state index in [0.717, 1.165) is 0 Å². The molecule has 0 amide bonds. The number of ether oxygens (including phenoxy) is 1. The Morgan fingerprint density at radius 3 is 2.87 bits per heavy atom. The Bertz CT molecular complexity index is 385. The van der Waals surface area contributed by atoms with Gasteiger partial charge in [-0.2, -0.15) is 0 Å². The number of carbonyl (C=O) groups is 1. The van der Waals surface area contributed by atoms with Crippen molar-refractivity contribution in [2.45, 2.75) is 0 Å². The largest absolute Gasteiger partial charge is 0.496 e. The van der Waals surface area contributed by atoms with Gasteiger partial charge in [0.2, 0.25) is 0 Å². The van der Waals surface area contributed by atoms with Crippen molar-refractivity contribution in [1.29, 1.82) is 0 Å². The van der Waals surface area contributed by atoms with Gasteiger partial charge in [0.25, 0.3) is 0 Å². The first kappa shape index (κ1) is 11.6. The summed E-state index contributed by atoms with van der Waals surface area (Å²) in [6.07, 6.45) is 3.46. The van der Waals surface area contributed by atoms with E-state index in [1.165, 1.54) is 13.2 Å². The van der Waals surface area contributed by atoms with Crippen LogP contribution in [0.25, 0.3) is 6.08 Å². The van der Waals surface area contributed by atoms with Crippen LogP contribution in [0.5, 0.6) is 5.75 Å². The van der Waals surface area contributed by atoms with Crippen molar-refractivity contribution in [3.63, 3.8) is 0 Å². The molecular weight excluding hydrogens is 216 g/mol. The molecule has 0 aliphatic rings. The van der Waals surface area contributed by atoms with Crippen LogP contribution in [0.4, 0.5) is 0 Å². The zero-order valence-corrected chi connectivity index (χ0v) is 8.99. The summed E-state index contributed by atoms with van der Waals surface area (Å²) in [7, 11) is 1.54. The second kappa shape index (κ2) is 5.41. The van der Waals surface area contributed by atoms with Gasteiger partial charge in [0, 0.05) is 11.4 Å². The quantitative estimate of drug-likeness (QED) is 0.803. The zero-order chi connectivity index (χ0) is 11.3. The van der Waals surface area contributed by atoms with Crippen molar-refractivity contribution in [3.05, 3.63) is 35.4 Å². The number of carboxylic acid groups (broad SMARTS) is 1. The number of benzene rings is 1. The number of methoxy groups -OCH3 is 1. The number of carboxylic acids is 1. The third kappa shape index (κ3) is 2.99. The molecule has 0 atom stereocenters.